The van der Waals surface area contributed by atoms with Crippen LogP contribution in [0.15, 0.2) is 30.5 Å². The highest BCUT2D eigenvalue weighted by Gasteiger charge is 2.02. The van der Waals surface area contributed by atoms with Gasteiger partial charge in [0.05, 0.1) is 6.20 Å². The Kier molecular flexibility index (Phi) is 2.28. The number of rotatable bonds is 2. The van der Waals surface area contributed by atoms with Crippen LogP contribution in [0.2, 0.25) is 5.02 Å². The summed E-state index contributed by atoms with van der Waals surface area (Å²) in [5.74, 6) is 1.58. The van der Waals surface area contributed by atoms with E-state index in [1.165, 1.54) is 6.20 Å². The number of nitrogens with zero attached hydrogens (tertiary/aromatic N) is 1. The van der Waals surface area contributed by atoms with Crippen LogP contribution in [-0.4, -0.2) is 10.2 Å². The highest BCUT2D eigenvalue weighted by atomic mass is 35.5. The van der Waals surface area contributed by atoms with Crippen LogP contribution in [0.5, 0.6) is 11.5 Å². The van der Waals surface area contributed by atoms with Crippen molar-refractivity contribution in [3.63, 3.8) is 0 Å². The van der Waals surface area contributed by atoms with Crippen LogP contribution in [0.1, 0.15) is 0 Å². The second-order valence-electron chi connectivity index (χ2n) is 2.70. The van der Waals surface area contributed by atoms with Gasteiger partial charge in [-0.1, -0.05) is 11.6 Å². The van der Waals surface area contributed by atoms with Gasteiger partial charge < -0.3 is 10.5 Å². The van der Waals surface area contributed by atoms with Crippen molar-refractivity contribution in [2.75, 3.05) is 5.73 Å². The Morgan fingerprint density at radius 2 is 2.00 bits per heavy atom. The van der Waals surface area contributed by atoms with Crippen LogP contribution in [0, 0.1) is 0 Å². The van der Waals surface area contributed by atoms with Gasteiger partial charge in [0.15, 0.2) is 11.6 Å². The van der Waals surface area contributed by atoms with Gasteiger partial charge in [-0.15, -0.1) is 0 Å². The number of hydrogen-bond donors (Lipinski definition) is 2. The zero-order valence-corrected chi connectivity index (χ0v) is 7.95. The minimum Gasteiger partial charge on any atom is -0.452 e. The summed E-state index contributed by atoms with van der Waals surface area (Å²) in [6, 6.07) is 7.00. The fourth-order valence-corrected chi connectivity index (χ4v) is 1.12. The first kappa shape index (κ1) is 8.90. The van der Waals surface area contributed by atoms with E-state index in [-0.39, 0.29) is 0 Å². The molecule has 1 aromatic carbocycles. The van der Waals surface area contributed by atoms with Gasteiger partial charge in [-0.25, -0.2) is 0 Å². The minimum atomic E-state index is 0.403. The second kappa shape index (κ2) is 3.59. The molecule has 5 heteroatoms. The topological polar surface area (TPSA) is 63.9 Å². The molecule has 0 spiro atoms. The summed E-state index contributed by atoms with van der Waals surface area (Å²) in [5, 5.41) is 6.98. The van der Waals surface area contributed by atoms with Gasteiger partial charge in [0.1, 0.15) is 5.75 Å². The first-order valence-corrected chi connectivity index (χ1v) is 4.36. The molecule has 4 nitrogen and oxygen atoms in total. The van der Waals surface area contributed by atoms with Crippen molar-refractivity contribution in [3.8, 4) is 11.5 Å². The number of benzene rings is 1. The summed E-state index contributed by atoms with van der Waals surface area (Å²) in [5.41, 5.74) is 5.55. The fraction of sp³-hybridized carbons (Fsp3) is 0. The Morgan fingerprint density at radius 1 is 1.29 bits per heavy atom. The molecule has 0 aliphatic heterocycles. The normalized spacial score (nSPS) is 10.1. The molecule has 14 heavy (non-hydrogen) atoms. The predicted molar refractivity (Wildman–Crippen MR) is 54.5 cm³/mol. The molecule has 0 radical (unpaired) electrons. The third kappa shape index (κ3) is 1.80. The predicted octanol–water partition coefficient (Wildman–Crippen LogP) is 2.44. The van der Waals surface area contributed by atoms with Crippen LogP contribution in [0.3, 0.4) is 0 Å². The minimum absolute atomic E-state index is 0.403. The Morgan fingerprint density at radius 3 is 2.57 bits per heavy atom. The van der Waals surface area contributed by atoms with E-state index in [0.29, 0.717) is 22.3 Å². The third-order valence-electron chi connectivity index (χ3n) is 1.67. The van der Waals surface area contributed by atoms with E-state index in [9.17, 15) is 0 Å². The number of nitrogen functional groups attached to an aromatic ring is 1. The van der Waals surface area contributed by atoms with E-state index in [2.05, 4.69) is 10.2 Å². The Bertz CT molecular complexity index is 424. The van der Waals surface area contributed by atoms with Crippen LogP contribution in [-0.2, 0) is 0 Å². The van der Waals surface area contributed by atoms with E-state index in [1.54, 1.807) is 24.3 Å². The lowest BCUT2D eigenvalue weighted by Gasteiger charge is -2.02. The first-order chi connectivity index (χ1) is 6.75. The lowest BCUT2D eigenvalue weighted by molar-refractivity contribution is 0.485. The van der Waals surface area contributed by atoms with Gasteiger partial charge in [0.25, 0.3) is 0 Å². The molecule has 0 unspecified atom stereocenters. The molecule has 0 saturated carbocycles. The number of ether oxygens (including phenoxy) is 1. The number of aromatic nitrogens is 2. The highest BCUT2D eigenvalue weighted by molar-refractivity contribution is 6.30. The van der Waals surface area contributed by atoms with E-state index >= 15 is 0 Å². The number of nitrogens with one attached hydrogen (secondary N) is 1. The molecule has 72 valence electrons. The zero-order valence-electron chi connectivity index (χ0n) is 7.20. The first-order valence-electron chi connectivity index (χ1n) is 3.98. The highest BCUT2D eigenvalue weighted by Crippen LogP contribution is 2.25. The third-order valence-corrected chi connectivity index (χ3v) is 1.93. The lowest BCUT2D eigenvalue weighted by atomic mass is 10.3. The summed E-state index contributed by atoms with van der Waals surface area (Å²) in [7, 11) is 0. The van der Waals surface area contributed by atoms with Crippen molar-refractivity contribution < 1.29 is 4.74 Å². The summed E-state index contributed by atoms with van der Waals surface area (Å²) in [6.07, 6.45) is 1.52. The summed E-state index contributed by atoms with van der Waals surface area (Å²) >= 11 is 5.73. The van der Waals surface area contributed by atoms with Crippen LogP contribution in [0.4, 0.5) is 5.82 Å². The standard InChI is InChI=1S/C9H8ClN3O/c10-6-1-3-7(4-2-6)14-8-5-12-13-9(8)11/h1-5H,(H3,11,12,13). The largest absolute Gasteiger partial charge is 0.452 e. The number of anilines is 1. The van der Waals surface area contributed by atoms with Crippen molar-refractivity contribution in [1.29, 1.82) is 0 Å². The number of nitrogens with two attached hydrogens (primary N) is 1. The molecule has 0 aliphatic carbocycles. The molecule has 0 fully saturated rings. The van der Waals surface area contributed by atoms with Gasteiger partial charge in [-0.3, -0.25) is 5.10 Å². The van der Waals surface area contributed by atoms with Gasteiger partial charge in [-0.2, -0.15) is 5.10 Å². The number of aromatic amines is 1. The van der Waals surface area contributed by atoms with E-state index in [4.69, 9.17) is 22.1 Å². The smallest absolute Gasteiger partial charge is 0.188 e. The second-order valence-corrected chi connectivity index (χ2v) is 3.14. The molecule has 2 rings (SSSR count). The molecule has 0 aliphatic rings. The number of halogens is 1. The van der Waals surface area contributed by atoms with Crippen LogP contribution >= 0.6 is 11.6 Å². The van der Waals surface area contributed by atoms with E-state index in [0.717, 1.165) is 0 Å². The van der Waals surface area contributed by atoms with Crippen LogP contribution < -0.4 is 10.5 Å². The fourth-order valence-electron chi connectivity index (χ4n) is 0.996. The van der Waals surface area contributed by atoms with Crippen molar-refractivity contribution >= 4 is 17.4 Å². The summed E-state index contributed by atoms with van der Waals surface area (Å²) < 4.78 is 5.43. The quantitative estimate of drug-likeness (QED) is 0.799. The number of hydrogen-bond acceptors (Lipinski definition) is 3. The molecule has 0 bridgehead atoms. The SMILES string of the molecule is Nc1[nH]ncc1Oc1ccc(Cl)cc1. The van der Waals surface area contributed by atoms with Gasteiger partial charge >= 0.3 is 0 Å². The van der Waals surface area contributed by atoms with Crippen molar-refractivity contribution in [1.82, 2.24) is 10.2 Å². The zero-order chi connectivity index (χ0) is 9.97. The van der Waals surface area contributed by atoms with Gasteiger partial charge in [0, 0.05) is 5.02 Å². The van der Waals surface area contributed by atoms with Crippen molar-refractivity contribution in [3.05, 3.63) is 35.5 Å². The maximum atomic E-state index is 5.73. The molecule has 0 saturated heterocycles. The Balaban J connectivity index is 2.19. The van der Waals surface area contributed by atoms with E-state index < -0.39 is 0 Å². The molecule has 1 heterocycles. The number of H-pyrrole nitrogens is 1. The average molecular weight is 210 g/mol. The average Bonchev–Trinajstić information content (AvgIpc) is 2.56. The van der Waals surface area contributed by atoms with Gasteiger partial charge in [0.2, 0.25) is 0 Å². The monoisotopic (exact) mass is 209 g/mol. The molecule has 2 aromatic rings. The molecular weight excluding hydrogens is 202 g/mol. The molecule has 0 amide bonds. The van der Waals surface area contributed by atoms with E-state index in [1.807, 2.05) is 0 Å². The molecule has 3 N–H and O–H groups in total. The maximum Gasteiger partial charge on any atom is 0.188 e. The van der Waals surface area contributed by atoms with Gasteiger partial charge in [-0.05, 0) is 24.3 Å². The molecule has 1 aromatic heterocycles. The van der Waals surface area contributed by atoms with Crippen LogP contribution in [0.25, 0.3) is 0 Å². The Labute approximate surface area is 85.6 Å². The van der Waals surface area contributed by atoms with Crippen molar-refractivity contribution in [2.45, 2.75) is 0 Å². The lowest BCUT2D eigenvalue weighted by Crippen LogP contribution is -1.89. The maximum absolute atomic E-state index is 5.73. The molecule has 0 atom stereocenters. The summed E-state index contributed by atoms with van der Waals surface area (Å²) in [4.78, 5) is 0. The Hall–Kier alpha value is -1.68. The summed E-state index contributed by atoms with van der Waals surface area (Å²) in [6.45, 7) is 0. The van der Waals surface area contributed by atoms with Crippen molar-refractivity contribution in [2.24, 2.45) is 0 Å². The molecular formula is C9H8ClN3O.